The number of anilines is 1. The molecule has 0 amide bonds. The molecule has 1 fully saturated rings. The fourth-order valence-electron chi connectivity index (χ4n) is 2.46. The summed E-state index contributed by atoms with van der Waals surface area (Å²) in [5.74, 6) is 0.500. The molecule has 1 aromatic heterocycles. The van der Waals surface area contributed by atoms with E-state index in [0.29, 0.717) is 43.7 Å². The molecule has 8 nitrogen and oxygen atoms in total. The van der Waals surface area contributed by atoms with E-state index >= 15 is 0 Å². The summed E-state index contributed by atoms with van der Waals surface area (Å²) in [5, 5.41) is 6.59. The Kier molecular flexibility index (Phi) is 7.77. The minimum atomic E-state index is -0.284. The van der Waals surface area contributed by atoms with Gasteiger partial charge >= 0.3 is 5.97 Å². The minimum Gasteiger partial charge on any atom is -0.493 e. The van der Waals surface area contributed by atoms with Crippen molar-refractivity contribution in [3.05, 3.63) is 40.9 Å². The Bertz CT molecular complexity index is 772. The van der Waals surface area contributed by atoms with E-state index in [1.54, 1.807) is 13.1 Å². The summed E-state index contributed by atoms with van der Waals surface area (Å²) in [4.78, 5) is 15.7. The van der Waals surface area contributed by atoms with Crippen LogP contribution in [0, 0.1) is 0 Å². The van der Waals surface area contributed by atoms with E-state index in [4.69, 9.17) is 18.9 Å². The highest BCUT2D eigenvalue weighted by Gasteiger charge is 2.15. The fraction of sp³-hybridized carbons (Fsp3) is 0.421. The van der Waals surface area contributed by atoms with Crippen LogP contribution in [0.3, 0.4) is 0 Å². The molecule has 2 heterocycles. The fourth-order valence-corrected chi connectivity index (χ4v) is 3.12. The summed E-state index contributed by atoms with van der Waals surface area (Å²) in [6.45, 7) is 3.99. The zero-order valence-corrected chi connectivity index (χ0v) is 16.4. The van der Waals surface area contributed by atoms with Gasteiger partial charge in [-0.05, 0) is 36.8 Å². The maximum absolute atomic E-state index is 11.5. The summed E-state index contributed by atoms with van der Waals surface area (Å²) in [7, 11) is 0. The molecule has 0 saturated carbocycles. The molecule has 150 valence electrons. The maximum atomic E-state index is 11.5. The van der Waals surface area contributed by atoms with Crippen molar-refractivity contribution in [2.75, 3.05) is 31.9 Å². The van der Waals surface area contributed by atoms with Crippen LogP contribution >= 0.6 is 11.3 Å². The Hall–Kier alpha value is -2.49. The SMILES string of the molecule is CCOC(=O)Cc1csc(NN=Cc2ccc(OCCC3OCCO3)cc2)n1. The third kappa shape index (κ3) is 6.59. The number of ether oxygens (including phenoxy) is 4. The molecule has 2 aromatic rings. The number of hydrogen-bond acceptors (Lipinski definition) is 9. The second-order valence-electron chi connectivity index (χ2n) is 5.87. The van der Waals surface area contributed by atoms with Crippen LogP contribution < -0.4 is 10.2 Å². The van der Waals surface area contributed by atoms with Crippen molar-refractivity contribution in [3.8, 4) is 5.75 Å². The predicted octanol–water partition coefficient (Wildman–Crippen LogP) is 2.84. The van der Waals surface area contributed by atoms with E-state index in [2.05, 4.69) is 15.5 Å². The van der Waals surface area contributed by atoms with Crippen molar-refractivity contribution in [2.45, 2.75) is 26.1 Å². The maximum Gasteiger partial charge on any atom is 0.311 e. The molecule has 1 aliphatic rings. The first-order valence-electron chi connectivity index (χ1n) is 9.08. The van der Waals surface area contributed by atoms with E-state index in [-0.39, 0.29) is 18.7 Å². The smallest absolute Gasteiger partial charge is 0.311 e. The van der Waals surface area contributed by atoms with Gasteiger partial charge in [-0.3, -0.25) is 10.2 Å². The lowest BCUT2D eigenvalue weighted by Crippen LogP contribution is -2.12. The lowest BCUT2D eigenvalue weighted by atomic mass is 10.2. The van der Waals surface area contributed by atoms with Gasteiger partial charge in [0.15, 0.2) is 6.29 Å². The van der Waals surface area contributed by atoms with Crippen LogP contribution in [-0.4, -0.2) is 49.9 Å². The lowest BCUT2D eigenvalue weighted by Gasteiger charge is -2.10. The Morgan fingerprint density at radius 1 is 1.36 bits per heavy atom. The zero-order valence-electron chi connectivity index (χ0n) is 15.6. The van der Waals surface area contributed by atoms with E-state index in [1.165, 1.54) is 11.3 Å². The van der Waals surface area contributed by atoms with Crippen molar-refractivity contribution >= 4 is 28.7 Å². The zero-order chi connectivity index (χ0) is 19.6. The summed E-state index contributed by atoms with van der Waals surface area (Å²) in [6, 6.07) is 7.60. The summed E-state index contributed by atoms with van der Waals surface area (Å²) in [6.07, 6.45) is 2.41. The summed E-state index contributed by atoms with van der Waals surface area (Å²) < 4.78 is 21.3. The highest BCUT2D eigenvalue weighted by molar-refractivity contribution is 7.13. The topological polar surface area (TPSA) is 91.3 Å². The van der Waals surface area contributed by atoms with Crippen molar-refractivity contribution in [1.29, 1.82) is 0 Å². The number of benzene rings is 1. The van der Waals surface area contributed by atoms with E-state index < -0.39 is 0 Å². The van der Waals surface area contributed by atoms with Gasteiger partial charge in [0.1, 0.15) is 5.75 Å². The molecule has 28 heavy (non-hydrogen) atoms. The van der Waals surface area contributed by atoms with Crippen molar-refractivity contribution in [1.82, 2.24) is 4.98 Å². The molecular formula is C19H23N3O5S. The largest absolute Gasteiger partial charge is 0.493 e. The van der Waals surface area contributed by atoms with Gasteiger partial charge in [0, 0.05) is 11.8 Å². The lowest BCUT2D eigenvalue weighted by molar-refractivity contribution is -0.142. The van der Waals surface area contributed by atoms with Gasteiger partial charge in [-0.1, -0.05) is 0 Å². The van der Waals surface area contributed by atoms with Crippen LogP contribution in [0.15, 0.2) is 34.7 Å². The monoisotopic (exact) mass is 405 g/mol. The summed E-state index contributed by atoms with van der Waals surface area (Å²) >= 11 is 1.38. The highest BCUT2D eigenvalue weighted by atomic mass is 32.1. The second-order valence-corrected chi connectivity index (χ2v) is 6.73. The van der Waals surface area contributed by atoms with E-state index in [9.17, 15) is 4.79 Å². The summed E-state index contributed by atoms with van der Waals surface area (Å²) in [5.41, 5.74) is 4.45. The van der Waals surface area contributed by atoms with Gasteiger partial charge in [0.25, 0.3) is 0 Å². The number of nitrogens with zero attached hydrogens (tertiary/aromatic N) is 2. The Morgan fingerprint density at radius 3 is 2.89 bits per heavy atom. The highest BCUT2D eigenvalue weighted by Crippen LogP contribution is 2.17. The first kappa shape index (κ1) is 20.2. The standard InChI is InChI=1S/C19H23N3O5S/c1-2-24-17(23)11-15-13-28-19(21-15)22-20-12-14-3-5-16(6-4-14)25-8-7-18-26-9-10-27-18/h3-6,12-13,18H,2,7-11H2,1H3,(H,21,22). The number of aromatic nitrogens is 1. The number of carbonyl (C=O) groups excluding carboxylic acids is 1. The molecule has 0 spiro atoms. The van der Waals surface area contributed by atoms with Crippen LogP contribution in [0.4, 0.5) is 5.13 Å². The van der Waals surface area contributed by atoms with E-state index in [0.717, 1.165) is 11.3 Å². The third-order valence-electron chi connectivity index (χ3n) is 3.75. The minimum absolute atomic E-state index is 0.152. The Balaban J connectivity index is 1.40. The van der Waals surface area contributed by atoms with Crippen molar-refractivity contribution in [3.63, 3.8) is 0 Å². The number of esters is 1. The molecular weight excluding hydrogens is 382 g/mol. The third-order valence-corrected chi connectivity index (χ3v) is 4.55. The Morgan fingerprint density at radius 2 is 2.14 bits per heavy atom. The normalized spacial score (nSPS) is 14.5. The van der Waals surface area contributed by atoms with E-state index in [1.807, 2.05) is 29.6 Å². The molecule has 0 unspecified atom stereocenters. The van der Waals surface area contributed by atoms with Gasteiger partial charge in [0.2, 0.25) is 5.13 Å². The van der Waals surface area contributed by atoms with Crippen LogP contribution in [0.5, 0.6) is 5.75 Å². The van der Waals surface area contributed by atoms with Gasteiger partial charge < -0.3 is 18.9 Å². The van der Waals surface area contributed by atoms with Crippen LogP contribution in [-0.2, 0) is 25.4 Å². The average molecular weight is 405 g/mol. The van der Waals surface area contributed by atoms with Crippen LogP contribution in [0.25, 0.3) is 0 Å². The number of carbonyl (C=O) groups is 1. The van der Waals surface area contributed by atoms with Gasteiger partial charge in [-0.2, -0.15) is 5.10 Å². The molecule has 1 aromatic carbocycles. The molecule has 1 N–H and O–H groups in total. The average Bonchev–Trinajstić information content (AvgIpc) is 3.35. The number of nitrogens with one attached hydrogen (secondary N) is 1. The number of thiazole rings is 1. The molecule has 0 bridgehead atoms. The molecule has 0 radical (unpaired) electrons. The molecule has 0 atom stereocenters. The van der Waals surface area contributed by atoms with Crippen molar-refractivity contribution in [2.24, 2.45) is 5.10 Å². The second kappa shape index (κ2) is 10.7. The van der Waals surface area contributed by atoms with Gasteiger partial charge in [-0.15, -0.1) is 11.3 Å². The molecule has 1 saturated heterocycles. The quantitative estimate of drug-likeness (QED) is 0.369. The van der Waals surface area contributed by atoms with Gasteiger partial charge in [0.05, 0.1) is 44.8 Å². The molecule has 9 heteroatoms. The van der Waals surface area contributed by atoms with Gasteiger partial charge in [-0.25, -0.2) is 4.98 Å². The Labute approximate surface area is 167 Å². The van der Waals surface area contributed by atoms with Crippen LogP contribution in [0.1, 0.15) is 24.6 Å². The van der Waals surface area contributed by atoms with Crippen molar-refractivity contribution < 1.29 is 23.7 Å². The van der Waals surface area contributed by atoms with Crippen LogP contribution in [0.2, 0.25) is 0 Å². The number of hydrazone groups is 1. The number of hydrogen-bond donors (Lipinski definition) is 1. The first-order chi connectivity index (χ1) is 13.7. The molecule has 0 aliphatic carbocycles. The molecule has 3 rings (SSSR count). The number of rotatable bonds is 10. The molecule has 1 aliphatic heterocycles. The first-order valence-corrected chi connectivity index (χ1v) is 9.96. The predicted molar refractivity (Wildman–Crippen MR) is 106 cm³/mol.